The van der Waals surface area contributed by atoms with Crippen molar-refractivity contribution >= 4 is 22.5 Å². The molecular formula is C17H15ClN2. The maximum atomic E-state index is 6.45. The highest BCUT2D eigenvalue weighted by atomic mass is 35.5. The molecule has 0 saturated carbocycles. The molecule has 0 atom stereocenters. The van der Waals surface area contributed by atoms with Gasteiger partial charge < -0.3 is 5.32 Å². The molecule has 2 nitrogen and oxygen atoms in total. The summed E-state index contributed by atoms with van der Waals surface area (Å²) >= 11 is 6.45. The van der Waals surface area contributed by atoms with Crippen molar-refractivity contribution in [3.05, 3.63) is 65.3 Å². The van der Waals surface area contributed by atoms with Gasteiger partial charge in [0.25, 0.3) is 0 Å². The molecule has 0 saturated heterocycles. The SMILES string of the molecule is CNCc1ccc(-c2cccc3ncccc23)c(Cl)c1. The van der Waals surface area contributed by atoms with Crippen LogP contribution in [0.3, 0.4) is 0 Å². The van der Waals surface area contributed by atoms with Crippen molar-refractivity contribution in [3.63, 3.8) is 0 Å². The lowest BCUT2D eigenvalue weighted by atomic mass is 9.99. The van der Waals surface area contributed by atoms with Crippen LogP contribution in [-0.2, 0) is 6.54 Å². The third-order valence-electron chi connectivity index (χ3n) is 3.35. The molecule has 0 bridgehead atoms. The smallest absolute Gasteiger partial charge is 0.0708 e. The minimum absolute atomic E-state index is 0.772. The summed E-state index contributed by atoms with van der Waals surface area (Å²) in [5, 5.41) is 5.03. The third-order valence-corrected chi connectivity index (χ3v) is 3.66. The first-order chi connectivity index (χ1) is 9.79. The van der Waals surface area contributed by atoms with Gasteiger partial charge >= 0.3 is 0 Å². The summed E-state index contributed by atoms with van der Waals surface area (Å²) in [7, 11) is 1.93. The minimum atomic E-state index is 0.772. The molecule has 0 aliphatic heterocycles. The number of halogens is 1. The van der Waals surface area contributed by atoms with Crippen LogP contribution in [0, 0.1) is 0 Å². The second-order valence-electron chi connectivity index (χ2n) is 4.72. The molecular weight excluding hydrogens is 268 g/mol. The first-order valence-electron chi connectivity index (χ1n) is 6.57. The van der Waals surface area contributed by atoms with Gasteiger partial charge in [-0.1, -0.05) is 41.9 Å². The number of fused-ring (bicyclic) bond motifs is 1. The molecule has 3 rings (SSSR count). The lowest BCUT2D eigenvalue weighted by molar-refractivity contribution is 0.818. The number of hydrogen-bond donors (Lipinski definition) is 1. The van der Waals surface area contributed by atoms with Crippen LogP contribution in [-0.4, -0.2) is 12.0 Å². The van der Waals surface area contributed by atoms with Crippen LogP contribution in [0.4, 0.5) is 0 Å². The van der Waals surface area contributed by atoms with E-state index in [1.165, 1.54) is 5.56 Å². The Balaban J connectivity index is 2.16. The lowest BCUT2D eigenvalue weighted by Crippen LogP contribution is -2.04. The molecule has 0 fully saturated rings. The van der Waals surface area contributed by atoms with Crippen LogP contribution in [0.25, 0.3) is 22.0 Å². The number of rotatable bonds is 3. The predicted molar refractivity (Wildman–Crippen MR) is 85.0 cm³/mol. The largest absolute Gasteiger partial charge is 0.316 e. The second kappa shape index (κ2) is 5.61. The fourth-order valence-electron chi connectivity index (χ4n) is 2.43. The molecule has 0 radical (unpaired) electrons. The summed E-state index contributed by atoms with van der Waals surface area (Å²) < 4.78 is 0. The average Bonchev–Trinajstić information content (AvgIpc) is 2.47. The maximum absolute atomic E-state index is 6.45. The summed E-state index contributed by atoms with van der Waals surface area (Å²) in [6, 6.07) is 16.4. The van der Waals surface area contributed by atoms with Crippen molar-refractivity contribution in [2.75, 3.05) is 7.05 Å². The Morgan fingerprint density at radius 1 is 1.05 bits per heavy atom. The Kier molecular flexibility index (Phi) is 3.68. The van der Waals surface area contributed by atoms with Crippen molar-refractivity contribution in [1.29, 1.82) is 0 Å². The molecule has 100 valence electrons. The van der Waals surface area contributed by atoms with E-state index in [9.17, 15) is 0 Å². The highest BCUT2D eigenvalue weighted by Gasteiger charge is 2.08. The Morgan fingerprint density at radius 2 is 1.95 bits per heavy atom. The molecule has 2 aromatic carbocycles. The summed E-state index contributed by atoms with van der Waals surface area (Å²) in [4.78, 5) is 4.39. The highest BCUT2D eigenvalue weighted by Crippen LogP contribution is 2.33. The van der Waals surface area contributed by atoms with Gasteiger partial charge in [0, 0.05) is 28.7 Å². The average molecular weight is 283 g/mol. The lowest BCUT2D eigenvalue weighted by Gasteiger charge is -2.10. The monoisotopic (exact) mass is 282 g/mol. The molecule has 1 N–H and O–H groups in total. The van der Waals surface area contributed by atoms with Crippen LogP contribution in [0.15, 0.2) is 54.7 Å². The van der Waals surface area contributed by atoms with Gasteiger partial charge in [-0.3, -0.25) is 4.98 Å². The number of aromatic nitrogens is 1. The van der Waals surface area contributed by atoms with Crippen LogP contribution in [0.5, 0.6) is 0 Å². The molecule has 0 amide bonds. The first-order valence-corrected chi connectivity index (χ1v) is 6.94. The molecule has 3 heteroatoms. The molecule has 3 aromatic rings. The van der Waals surface area contributed by atoms with Crippen molar-refractivity contribution in [3.8, 4) is 11.1 Å². The van der Waals surface area contributed by atoms with Gasteiger partial charge in [0.15, 0.2) is 0 Å². The fraction of sp³-hybridized carbons (Fsp3) is 0.118. The van der Waals surface area contributed by atoms with Gasteiger partial charge in [-0.05, 0) is 36.4 Å². The number of nitrogens with zero attached hydrogens (tertiary/aromatic N) is 1. The van der Waals surface area contributed by atoms with Gasteiger partial charge in [-0.2, -0.15) is 0 Å². The number of hydrogen-bond acceptors (Lipinski definition) is 2. The third kappa shape index (κ3) is 2.40. The predicted octanol–water partition coefficient (Wildman–Crippen LogP) is 4.27. The van der Waals surface area contributed by atoms with Gasteiger partial charge in [-0.15, -0.1) is 0 Å². The van der Waals surface area contributed by atoms with Crippen LogP contribution >= 0.6 is 11.6 Å². The molecule has 0 aliphatic rings. The van der Waals surface area contributed by atoms with Gasteiger partial charge in [0.05, 0.1) is 5.52 Å². The van der Waals surface area contributed by atoms with Gasteiger partial charge in [-0.25, -0.2) is 0 Å². The van der Waals surface area contributed by atoms with Crippen LogP contribution in [0.1, 0.15) is 5.56 Å². The molecule has 0 unspecified atom stereocenters. The Bertz CT molecular complexity index is 748. The number of nitrogens with one attached hydrogen (secondary N) is 1. The fourth-order valence-corrected chi connectivity index (χ4v) is 2.73. The van der Waals surface area contributed by atoms with E-state index in [1.807, 2.05) is 37.5 Å². The summed E-state index contributed by atoms with van der Waals surface area (Å²) in [6.45, 7) is 0.817. The minimum Gasteiger partial charge on any atom is -0.316 e. The van der Waals surface area contributed by atoms with Gasteiger partial charge in [0.2, 0.25) is 0 Å². The van der Waals surface area contributed by atoms with E-state index in [2.05, 4.69) is 34.6 Å². The molecule has 0 spiro atoms. The van der Waals surface area contributed by atoms with E-state index < -0.39 is 0 Å². The summed E-state index contributed by atoms with van der Waals surface area (Å²) in [5.41, 5.74) is 4.33. The van der Waals surface area contributed by atoms with E-state index in [0.717, 1.165) is 33.6 Å². The number of benzene rings is 2. The summed E-state index contributed by atoms with van der Waals surface area (Å²) in [6.07, 6.45) is 1.81. The standard InChI is InChI=1S/C17H15ClN2/c1-19-11-12-7-8-14(16(18)10-12)13-4-2-6-17-15(13)5-3-9-20-17/h2-10,19H,11H2,1H3. The van der Waals surface area contributed by atoms with Crippen molar-refractivity contribution in [1.82, 2.24) is 10.3 Å². The highest BCUT2D eigenvalue weighted by molar-refractivity contribution is 6.33. The van der Waals surface area contributed by atoms with Crippen molar-refractivity contribution in [2.24, 2.45) is 0 Å². The quantitative estimate of drug-likeness (QED) is 0.776. The topological polar surface area (TPSA) is 24.9 Å². The van der Waals surface area contributed by atoms with E-state index in [0.29, 0.717) is 0 Å². The zero-order valence-electron chi connectivity index (χ0n) is 11.2. The molecule has 0 aliphatic carbocycles. The Hall–Kier alpha value is -1.90. The zero-order valence-corrected chi connectivity index (χ0v) is 12.0. The van der Waals surface area contributed by atoms with Crippen molar-refractivity contribution in [2.45, 2.75) is 6.54 Å². The van der Waals surface area contributed by atoms with Crippen LogP contribution < -0.4 is 5.32 Å². The normalized spacial score (nSPS) is 10.9. The Morgan fingerprint density at radius 3 is 2.75 bits per heavy atom. The Labute approximate surface area is 123 Å². The summed E-state index contributed by atoms with van der Waals surface area (Å²) in [5.74, 6) is 0. The maximum Gasteiger partial charge on any atom is 0.0708 e. The number of pyridine rings is 1. The van der Waals surface area contributed by atoms with E-state index in [-0.39, 0.29) is 0 Å². The molecule has 20 heavy (non-hydrogen) atoms. The van der Waals surface area contributed by atoms with Gasteiger partial charge in [0.1, 0.15) is 0 Å². The zero-order chi connectivity index (χ0) is 13.9. The van der Waals surface area contributed by atoms with Crippen molar-refractivity contribution < 1.29 is 0 Å². The molecule has 1 heterocycles. The molecule has 1 aromatic heterocycles. The van der Waals surface area contributed by atoms with E-state index >= 15 is 0 Å². The van der Waals surface area contributed by atoms with E-state index in [1.54, 1.807) is 0 Å². The first kappa shape index (κ1) is 13.1. The second-order valence-corrected chi connectivity index (χ2v) is 5.13. The van der Waals surface area contributed by atoms with E-state index in [4.69, 9.17) is 11.6 Å². The van der Waals surface area contributed by atoms with Crippen LogP contribution in [0.2, 0.25) is 5.02 Å².